The van der Waals surface area contributed by atoms with E-state index in [1.807, 2.05) is 6.92 Å². The van der Waals surface area contributed by atoms with Crippen LogP contribution in [0.5, 0.6) is 0 Å². The molecule has 0 amide bonds. The van der Waals surface area contributed by atoms with Gasteiger partial charge in [-0.3, -0.25) is 0 Å². The summed E-state index contributed by atoms with van der Waals surface area (Å²) in [6.45, 7) is 8.02. The summed E-state index contributed by atoms with van der Waals surface area (Å²) in [6.07, 6.45) is 1.36. The van der Waals surface area contributed by atoms with E-state index in [-0.39, 0.29) is 0 Å². The standard InChI is InChI=1S/C13H21N3O/c1-10-8-13(14-9-12(10)11(2)17)16-6-4-15(3)5-7-16/h8-9,11,17H,4-7H2,1-3H3. The Labute approximate surface area is 103 Å². The van der Waals surface area contributed by atoms with E-state index in [0.29, 0.717) is 0 Å². The second kappa shape index (κ2) is 5.02. The average molecular weight is 235 g/mol. The van der Waals surface area contributed by atoms with Crippen LogP contribution >= 0.6 is 0 Å². The highest BCUT2D eigenvalue weighted by Crippen LogP contribution is 2.21. The molecule has 4 nitrogen and oxygen atoms in total. The van der Waals surface area contributed by atoms with E-state index in [1.165, 1.54) is 0 Å². The fourth-order valence-electron chi connectivity index (χ4n) is 2.20. The highest BCUT2D eigenvalue weighted by molar-refractivity contribution is 5.44. The van der Waals surface area contributed by atoms with Crippen molar-refractivity contribution < 1.29 is 5.11 Å². The molecule has 1 saturated heterocycles. The average Bonchev–Trinajstić information content (AvgIpc) is 2.29. The molecule has 1 fully saturated rings. The third-order valence-corrected chi connectivity index (χ3v) is 3.41. The molecular weight excluding hydrogens is 214 g/mol. The molecule has 94 valence electrons. The van der Waals surface area contributed by atoms with Crippen LogP contribution in [0.3, 0.4) is 0 Å². The molecule has 0 saturated carbocycles. The van der Waals surface area contributed by atoms with E-state index in [0.717, 1.165) is 43.1 Å². The highest BCUT2D eigenvalue weighted by Gasteiger charge is 2.16. The predicted molar refractivity (Wildman–Crippen MR) is 69.3 cm³/mol. The van der Waals surface area contributed by atoms with Gasteiger partial charge in [-0.2, -0.15) is 0 Å². The Morgan fingerprint density at radius 2 is 1.94 bits per heavy atom. The Hall–Kier alpha value is -1.13. The van der Waals surface area contributed by atoms with Gasteiger partial charge in [0.1, 0.15) is 5.82 Å². The molecule has 1 aliphatic rings. The van der Waals surface area contributed by atoms with Crippen molar-refractivity contribution in [2.45, 2.75) is 20.0 Å². The number of hydrogen-bond acceptors (Lipinski definition) is 4. The maximum atomic E-state index is 9.58. The van der Waals surface area contributed by atoms with Crippen LogP contribution in [0.25, 0.3) is 0 Å². The van der Waals surface area contributed by atoms with Gasteiger partial charge in [0.2, 0.25) is 0 Å². The van der Waals surface area contributed by atoms with Gasteiger partial charge in [0, 0.05) is 37.9 Å². The van der Waals surface area contributed by atoms with E-state index in [2.05, 4.69) is 27.9 Å². The molecule has 0 radical (unpaired) electrons. The molecule has 1 aromatic rings. The third-order valence-electron chi connectivity index (χ3n) is 3.41. The van der Waals surface area contributed by atoms with Gasteiger partial charge in [-0.15, -0.1) is 0 Å². The maximum Gasteiger partial charge on any atom is 0.128 e. The lowest BCUT2D eigenvalue weighted by Gasteiger charge is -2.33. The first kappa shape index (κ1) is 12.3. The van der Waals surface area contributed by atoms with Gasteiger partial charge >= 0.3 is 0 Å². The SMILES string of the molecule is Cc1cc(N2CCN(C)CC2)ncc1C(C)O. The number of anilines is 1. The minimum Gasteiger partial charge on any atom is -0.389 e. The number of likely N-dealkylation sites (N-methyl/N-ethyl adjacent to an activating group) is 1. The topological polar surface area (TPSA) is 39.6 Å². The molecule has 0 spiro atoms. The quantitative estimate of drug-likeness (QED) is 0.836. The summed E-state index contributed by atoms with van der Waals surface area (Å²) in [5, 5.41) is 9.58. The number of aromatic nitrogens is 1. The fourth-order valence-corrected chi connectivity index (χ4v) is 2.20. The molecule has 17 heavy (non-hydrogen) atoms. The van der Waals surface area contributed by atoms with Crippen molar-refractivity contribution >= 4 is 5.82 Å². The zero-order valence-corrected chi connectivity index (χ0v) is 10.8. The Morgan fingerprint density at radius 3 is 2.47 bits per heavy atom. The van der Waals surface area contributed by atoms with Crippen molar-refractivity contribution in [1.29, 1.82) is 0 Å². The lowest BCUT2D eigenvalue weighted by atomic mass is 10.1. The first-order valence-electron chi connectivity index (χ1n) is 6.16. The van der Waals surface area contributed by atoms with E-state index >= 15 is 0 Å². The largest absolute Gasteiger partial charge is 0.389 e. The van der Waals surface area contributed by atoms with E-state index in [4.69, 9.17) is 0 Å². The number of rotatable bonds is 2. The number of aliphatic hydroxyl groups excluding tert-OH is 1. The minimum absolute atomic E-state index is 0.441. The first-order valence-corrected chi connectivity index (χ1v) is 6.16. The van der Waals surface area contributed by atoms with Crippen LogP contribution in [0.4, 0.5) is 5.82 Å². The lowest BCUT2D eigenvalue weighted by Crippen LogP contribution is -2.44. The van der Waals surface area contributed by atoms with Crippen molar-refractivity contribution in [1.82, 2.24) is 9.88 Å². The molecule has 1 atom stereocenters. The number of pyridine rings is 1. The van der Waals surface area contributed by atoms with Crippen molar-refractivity contribution in [2.75, 3.05) is 38.1 Å². The van der Waals surface area contributed by atoms with E-state index < -0.39 is 6.10 Å². The van der Waals surface area contributed by atoms with E-state index in [1.54, 1.807) is 13.1 Å². The summed E-state index contributed by atoms with van der Waals surface area (Å²) >= 11 is 0. The van der Waals surface area contributed by atoms with E-state index in [9.17, 15) is 5.11 Å². The monoisotopic (exact) mass is 235 g/mol. The van der Waals surface area contributed by atoms with Crippen molar-refractivity contribution in [3.05, 3.63) is 23.4 Å². The molecule has 0 bridgehead atoms. The smallest absolute Gasteiger partial charge is 0.128 e. The number of nitrogens with zero attached hydrogens (tertiary/aromatic N) is 3. The Kier molecular flexibility index (Phi) is 3.64. The molecule has 1 aromatic heterocycles. The van der Waals surface area contributed by atoms with Crippen molar-refractivity contribution in [3.63, 3.8) is 0 Å². The highest BCUT2D eigenvalue weighted by atomic mass is 16.3. The second-order valence-electron chi connectivity index (χ2n) is 4.87. The van der Waals surface area contributed by atoms with Crippen LogP contribution in [0, 0.1) is 6.92 Å². The normalized spacial score (nSPS) is 19.4. The van der Waals surface area contributed by atoms with Gasteiger partial charge in [-0.05, 0) is 32.5 Å². The minimum atomic E-state index is -0.441. The first-order chi connectivity index (χ1) is 8.08. The zero-order valence-electron chi connectivity index (χ0n) is 10.8. The van der Waals surface area contributed by atoms with Gasteiger partial charge in [0.05, 0.1) is 6.10 Å². The number of aryl methyl sites for hydroxylation is 1. The summed E-state index contributed by atoms with van der Waals surface area (Å²) in [5.74, 6) is 1.03. The molecule has 1 N–H and O–H groups in total. The van der Waals surface area contributed by atoms with Gasteiger partial charge < -0.3 is 14.9 Å². The number of hydrogen-bond donors (Lipinski definition) is 1. The maximum absolute atomic E-state index is 9.58. The predicted octanol–water partition coefficient (Wildman–Crippen LogP) is 1.20. The van der Waals surface area contributed by atoms with Crippen LogP contribution < -0.4 is 4.90 Å². The molecule has 4 heteroatoms. The summed E-state index contributed by atoms with van der Waals surface area (Å²) in [5.41, 5.74) is 2.03. The van der Waals surface area contributed by atoms with Crippen LogP contribution in [0.1, 0.15) is 24.2 Å². The molecule has 2 rings (SSSR count). The summed E-state index contributed by atoms with van der Waals surface area (Å²) < 4.78 is 0. The summed E-state index contributed by atoms with van der Waals surface area (Å²) in [7, 11) is 2.15. The second-order valence-corrected chi connectivity index (χ2v) is 4.87. The molecule has 0 aliphatic carbocycles. The van der Waals surface area contributed by atoms with Gasteiger partial charge in [0.25, 0.3) is 0 Å². The molecule has 2 heterocycles. The van der Waals surface area contributed by atoms with Crippen LogP contribution in [0.15, 0.2) is 12.3 Å². The van der Waals surface area contributed by atoms with Crippen LogP contribution in [-0.2, 0) is 0 Å². The fraction of sp³-hybridized carbons (Fsp3) is 0.615. The molecule has 1 unspecified atom stereocenters. The Bertz CT molecular complexity index is 384. The van der Waals surface area contributed by atoms with Crippen LogP contribution in [0.2, 0.25) is 0 Å². The Morgan fingerprint density at radius 1 is 1.29 bits per heavy atom. The molecule has 0 aromatic carbocycles. The third kappa shape index (κ3) is 2.76. The molecule has 1 aliphatic heterocycles. The zero-order chi connectivity index (χ0) is 12.4. The van der Waals surface area contributed by atoms with Gasteiger partial charge in [-0.1, -0.05) is 0 Å². The summed E-state index contributed by atoms with van der Waals surface area (Å²) in [4.78, 5) is 9.09. The van der Waals surface area contributed by atoms with Gasteiger partial charge in [0.15, 0.2) is 0 Å². The van der Waals surface area contributed by atoms with Crippen molar-refractivity contribution in [3.8, 4) is 0 Å². The lowest BCUT2D eigenvalue weighted by molar-refractivity contribution is 0.198. The number of aliphatic hydroxyl groups is 1. The summed E-state index contributed by atoms with van der Waals surface area (Å²) in [6, 6.07) is 2.08. The van der Waals surface area contributed by atoms with Crippen molar-refractivity contribution in [2.24, 2.45) is 0 Å². The Balaban J connectivity index is 2.14. The molecular formula is C13H21N3O. The van der Waals surface area contributed by atoms with Gasteiger partial charge in [-0.25, -0.2) is 4.98 Å². The number of piperazine rings is 1. The van der Waals surface area contributed by atoms with Crippen LogP contribution in [-0.4, -0.2) is 48.2 Å².